The molecule has 2 amide bonds. The van der Waals surface area contributed by atoms with Crippen LogP contribution in [0, 0.1) is 5.82 Å². The molecule has 31 heavy (non-hydrogen) atoms. The van der Waals surface area contributed by atoms with E-state index in [1.807, 2.05) is 0 Å². The molecule has 1 heterocycles. The summed E-state index contributed by atoms with van der Waals surface area (Å²) in [5, 5.41) is 15.2. The molecule has 1 saturated heterocycles. The Bertz CT molecular complexity index is 852. The number of phenolic OH excluding ortho intramolecular Hbond substituents is 1. The van der Waals surface area contributed by atoms with Crippen LogP contribution in [-0.4, -0.2) is 67.3 Å². The van der Waals surface area contributed by atoms with Gasteiger partial charge in [-0.05, 0) is 35.4 Å². The van der Waals surface area contributed by atoms with Crippen LogP contribution in [0.4, 0.5) is 4.39 Å². The second-order valence-corrected chi connectivity index (χ2v) is 7.54. The Morgan fingerprint density at radius 2 is 1.68 bits per heavy atom. The van der Waals surface area contributed by atoms with Gasteiger partial charge in [0.1, 0.15) is 17.6 Å². The van der Waals surface area contributed by atoms with Gasteiger partial charge in [0.2, 0.25) is 11.8 Å². The molecule has 1 aliphatic rings. The van der Waals surface area contributed by atoms with E-state index in [1.54, 1.807) is 36.4 Å². The van der Waals surface area contributed by atoms with Gasteiger partial charge in [-0.3, -0.25) is 14.5 Å². The zero-order valence-corrected chi connectivity index (χ0v) is 17.4. The highest BCUT2D eigenvalue weighted by Crippen LogP contribution is 2.12. The molecule has 3 N–H and O–H groups in total. The third-order valence-electron chi connectivity index (χ3n) is 5.14. The average Bonchev–Trinajstić information content (AvgIpc) is 2.77. The minimum atomic E-state index is -0.762. The van der Waals surface area contributed by atoms with Gasteiger partial charge in [-0.15, -0.1) is 0 Å². The van der Waals surface area contributed by atoms with Crippen molar-refractivity contribution in [3.05, 3.63) is 65.5 Å². The molecule has 0 bridgehead atoms. The monoisotopic (exact) mass is 429 g/mol. The fourth-order valence-electron chi connectivity index (χ4n) is 3.40. The minimum absolute atomic E-state index is 0.0490. The van der Waals surface area contributed by atoms with Crippen molar-refractivity contribution < 1.29 is 23.8 Å². The SMILES string of the molecule is O=C(Cc1ccc(F)cc1)N[C@@H](Cc1ccc(O)cc1)C(=O)NCCN1CCOCC1. The van der Waals surface area contributed by atoms with Gasteiger partial charge in [0.05, 0.1) is 19.6 Å². The molecule has 7 nitrogen and oxygen atoms in total. The molecule has 8 heteroatoms. The molecule has 1 aliphatic heterocycles. The van der Waals surface area contributed by atoms with E-state index in [0.29, 0.717) is 38.3 Å². The molecular formula is C23H28FN3O4. The number of amides is 2. The number of aromatic hydroxyl groups is 1. The van der Waals surface area contributed by atoms with Gasteiger partial charge in [-0.25, -0.2) is 4.39 Å². The van der Waals surface area contributed by atoms with Gasteiger partial charge in [0.15, 0.2) is 0 Å². The Labute approximate surface area is 181 Å². The number of morpholine rings is 1. The fraction of sp³-hybridized carbons (Fsp3) is 0.391. The highest BCUT2D eigenvalue weighted by atomic mass is 19.1. The first-order chi connectivity index (χ1) is 15.0. The predicted octanol–water partition coefficient (Wildman–Crippen LogP) is 1.25. The van der Waals surface area contributed by atoms with Crippen molar-refractivity contribution >= 4 is 11.8 Å². The van der Waals surface area contributed by atoms with E-state index in [-0.39, 0.29) is 29.8 Å². The summed E-state index contributed by atoms with van der Waals surface area (Å²) in [6.45, 7) is 4.24. The quantitative estimate of drug-likeness (QED) is 0.558. The molecule has 0 radical (unpaired) electrons. The Morgan fingerprint density at radius 1 is 1.03 bits per heavy atom. The van der Waals surface area contributed by atoms with E-state index in [9.17, 15) is 19.1 Å². The van der Waals surface area contributed by atoms with E-state index < -0.39 is 6.04 Å². The summed E-state index contributed by atoms with van der Waals surface area (Å²) < 4.78 is 18.4. The number of rotatable bonds is 9. The molecule has 2 aromatic carbocycles. The van der Waals surface area contributed by atoms with Crippen molar-refractivity contribution in [1.29, 1.82) is 0 Å². The number of hydrogen-bond donors (Lipinski definition) is 3. The lowest BCUT2D eigenvalue weighted by Crippen LogP contribution is -2.50. The third kappa shape index (κ3) is 7.66. The van der Waals surface area contributed by atoms with Crippen LogP contribution in [0.15, 0.2) is 48.5 Å². The van der Waals surface area contributed by atoms with Crippen LogP contribution in [0.5, 0.6) is 5.75 Å². The molecule has 2 aromatic rings. The van der Waals surface area contributed by atoms with Crippen molar-refractivity contribution in [2.45, 2.75) is 18.9 Å². The number of nitrogens with one attached hydrogen (secondary N) is 2. The number of benzene rings is 2. The number of nitrogens with zero attached hydrogens (tertiary/aromatic N) is 1. The molecule has 0 spiro atoms. The van der Waals surface area contributed by atoms with Crippen LogP contribution in [-0.2, 0) is 27.2 Å². The molecule has 166 valence electrons. The zero-order valence-electron chi connectivity index (χ0n) is 17.4. The van der Waals surface area contributed by atoms with Crippen LogP contribution in [0.2, 0.25) is 0 Å². The summed E-state index contributed by atoms with van der Waals surface area (Å²) in [7, 11) is 0. The molecule has 1 atom stereocenters. The van der Waals surface area contributed by atoms with E-state index in [0.717, 1.165) is 18.7 Å². The molecular weight excluding hydrogens is 401 g/mol. The van der Waals surface area contributed by atoms with Gasteiger partial charge in [-0.1, -0.05) is 24.3 Å². The first-order valence-electron chi connectivity index (χ1n) is 10.4. The molecule has 1 fully saturated rings. The predicted molar refractivity (Wildman–Crippen MR) is 114 cm³/mol. The first kappa shape index (κ1) is 22.7. The second-order valence-electron chi connectivity index (χ2n) is 7.54. The number of halogens is 1. The van der Waals surface area contributed by atoms with Gasteiger partial charge in [-0.2, -0.15) is 0 Å². The zero-order chi connectivity index (χ0) is 22.1. The van der Waals surface area contributed by atoms with E-state index >= 15 is 0 Å². The Kier molecular flexibility index (Phi) is 8.37. The maximum Gasteiger partial charge on any atom is 0.242 e. The van der Waals surface area contributed by atoms with Gasteiger partial charge in [0, 0.05) is 32.6 Å². The Balaban J connectivity index is 1.58. The molecule has 0 unspecified atom stereocenters. The Morgan fingerprint density at radius 3 is 2.35 bits per heavy atom. The van der Waals surface area contributed by atoms with Crippen molar-refractivity contribution in [3.8, 4) is 5.75 Å². The average molecular weight is 429 g/mol. The van der Waals surface area contributed by atoms with Gasteiger partial charge in [0.25, 0.3) is 0 Å². The molecule has 0 aliphatic carbocycles. The first-order valence-corrected chi connectivity index (χ1v) is 10.4. The maximum absolute atomic E-state index is 13.1. The lowest BCUT2D eigenvalue weighted by Gasteiger charge is -2.27. The minimum Gasteiger partial charge on any atom is -0.508 e. The fourth-order valence-corrected chi connectivity index (χ4v) is 3.40. The normalized spacial score (nSPS) is 15.3. The maximum atomic E-state index is 13.1. The topological polar surface area (TPSA) is 90.9 Å². The lowest BCUT2D eigenvalue weighted by molar-refractivity contribution is -0.128. The van der Waals surface area contributed by atoms with Crippen molar-refractivity contribution in [2.75, 3.05) is 39.4 Å². The summed E-state index contributed by atoms with van der Waals surface area (Å²) >= 11 is 0. The number of hydrogen-bond acceptors (Lipinski definition) is 5. The van der Waals surface area contributed by atoms with Crippen molar-refractivity contribution in [2.24, 2.45) is 0 Å². The van der Waals surface area contributed by atoms with Crippen LogP contribution >= 0.6 is 0 Å². The molecule has 0 saturated carbocycles. The van der Waals surface area contributed by atoms with Crippen LogP contribution in [0.1, 0.15) is 11.1 Å². The summed E-state index contributed by atoms with van der Waals surface area (Å²) in [5.41, 5.74) is 1.48. The highest BCUT2D eigenvalue weighted by molar-refractivity contribution is 5.88. The lowest BCUT2D eigenvalue weighted by atomic mass is 10.0. The number of carbonyl (C=O) groups is 2. The van der Waals surface area contributed by atoms with Crippen molar-refractivity contribution in [1.82, 2.24) is 15.5 Å². The van der Waals surface area contributed by atoms with E-state index in [2.05, 4.69) is 15.5 Å². The summed E-state index contributed by atoms with van der Waals surface area (Å²) in [5.74, 6) is -0.822. The van der Waals surface area contributed by atoms with Crippen LogP contribution in [0.25, 0.3) is 0 Å². The number of carbonyl (C=O) groups excluding carboxylic acids is 2. The number of phenols is 1. The van der Waals surface area contributed by atoms with Crippen LogP contribution in [0.3, 0.4) is 0 Å². The highest BCUT2D eigenvalue weighted by Gasteiger charge is 2.22. The van der Waals surface area contributed by atoms with Crippen LogP contribution < -0.4 is 10.6 Å². The summed E-state index contributed by atoms with van der Waals surface area (Å²) in [6, 6.07) is 11.5. The largest absolute Gasteiger partial charge is 0.508 e. The summed E-state index contributed by atoms with van der Waals surface area (Å²) in [4.78, 5) is 27.6. The van der Waals surface area contributed by atoms with Gasteiger partial charge < -0.3 is 20.5 Å². The second kappa shape index (κ2) is 11.4. The van der Waals surface area contributed by atoms with Crippen molar-refractivity contribution in [3.63, 3.8) is 0 Å². The Hall–Kier alpha value is -2.97. The standard InChI is InChI=1S/C23H28FN3O4/c24-19-5-1-18(2-6-19)16-22(29)26-21(15-17-3-7-20(28)8-4-17)23(30)25-9-10-27-11-13-31-14-12-27/h1-8,21,28H,9-16H2,(H,25,30)(H,26,29)/t21-/m0/s1. The molecule has 3 rings (SSSR count). The van der Waals surface area contributed by atoms with E-state index in [4.69, 9.17) is 4.74 Å². The third-order valence-corrected chi connectivity index (χ3v) is 5.14. The molecule has 0 aromatic heterocycles. The van der Waals surface area contributed by atoms with E-state index in [1.165, 1.54) is 12.1 Å². The van der Waals surface area contributed by atoms with Gasteiger partial charge >= 0.3 is 0 Å². The number of ether oxygens (including phenoxy) is 1. The summed E-state index contributed by atoms with van der Waals surface area (Å²) in [6.07, 6.45) is 0.340. The smallest absolute Gasteiger partial charge is 0.242 e.